The number of aryl methyl sites for hydroxylation is 1. The van der Waals surface area contributed by atoms with E-state index in [4.69, 9.17) is 21.1 Å². The van der Waals surface area contributed by atoms with Crippen LogP contribution in [0.4, 0.5) is 0 Å². The van der Waals surface area contributed by atoms with Crippen molar-refractivity contribution in [2.75, 3.05) is 12.5 Å². The number of ether oxygens (including phenoxy) is 2. The van der Waals surface area contributed by atoms with Crippen molar-refractivity contribution < 1.29 is 23.9 Å². The predicted octanol–water partition coefficient (Wildman–Crippen LogP) is 4.12. The topological polar surface area (TPSA) is 84.9 Å². The first-order valence-corrected chi connectivity index (χ1v) is 12.4. The van der Waals surface area contributed by atoms with Gasteiger partial charge in [-0.2, -0.15) is 0 Å². The number of hydrogen-bond donors (Lipinski definition) is 1. The van der Waals surface area contributed by atoms with Gasteiger partial charge in [0.2, 0.25) is 0 Å². The molecule has 2 aliphatic heterocycles. The largest absolute Gasteiger partial charge is 0.448 e. The molecule has 5 rings (SSSR count). The average molecular weight is 517 g/mol. The van der Waals surface area contributed by atoms with Crippen molar-refractivity contribution >= 4 is 29.4 Å². The summed E-state index contributed by atoms with van der Waals surface area (Å²) in [7, 11) is 0. The Hall–Kier alpha value is -3.94. The molecule has 0 aromatic heterocycles. The Labute approximate surface area is 219 Å². The van der Waals surface area contributed by atoms with E-state index in [-0.39, 0.29) is 18.2 Å². The van der Waals surface area contributed by atoms with Crippen LogP contribution in [0.2, 0.25) is 0 Å². The second kappa shape index (κ2) is 10.6. The van der Waals surface area contributed by atoms with E-state index in [9.17, 15) is 14.4 Å². The molecule has 188 valence electrons. The molecule has 0 bridgehead atoms. The highest BCUT2D eigenvalue weighted by molar-refractivity contribution is 6.20. The molecule has 0 aliphatic carbocycles. The van der Waals surface area contributed by atoms with Crippen molar-refractivity contribution in [2.45, 2.75) is 25.3 Å². The summed E-state index contributed by atoms with van der Waals surface area (Å²) in [6.45, 7) is 1.97. The number of alkyl halides is 1. The summed E-state index contributed by atoms with van der Waals surface area (Å²) in [5.41, 5.74) is 3.53. The van der Waals surface area contributed by atoms with Crippen LogP contribution >= 0.6 is 11.6 Å². The van der Waals surface area contributed by atoms with E-state index in [1.807, 2.05) is 79.7 Å². The first kappa shape index (κ1) is 24.7. The van der Waals surface area contributed by atoms with Crippen LogP contribution in [0, 0.1) is 6.92 Å². The summed E-state index contributed by atoms with van der Waals surface area (Å²) in [5.74, 6) is -1.55. The molecular formula is C29H25ClN2O5. The van der Waals surface area contributed by atoms with E-state index >= 15 is 0 Å². The van der Waals surface area contributed by atoms with Gasteiger partial charge in [-0.1, -0.05) is 78.4 Å². The van der Waals surface area contributed by atoms with Crippen LogP contribution in [0.3, 0.4) is 0 Å². The molecule has 0 unspecified atom stereocenters. The van der Waals surface area contributed by atoms with Crippen LogP contribution in [-0.4, -0.2) is 47.4 Å². The van der Waals surface area contributed by atoms with Crippen LogP contribution in [0.25, 0.3) is 0 Å². The molecule has 0 radical (unpaired) electrons. The Morgan fingerprint density at radius 1 is 1.00 bits per heavy atom. The molecule has 0 saturated carbocycles. The lowest BCUT2D eigenvalue weighted by Gasteiger charge is -2.49. The summed E-state index contributed by atoms with van der Waals surface area (Å²) in [4.78, 5) is 40.7. The second-order valence-electron chi connectivity index (χ2n) is 8.92. The maximum atomic E-state index is 13.6. The Balaban J connectivity index is 1.38. The molecule has 1 N–H and O–H groups in total. The third kappa shape index (κ3) is 4.88. The fourth-order valence-corrected chi connectivity index (χ4v) is 4.65. The van der Waals surface area contributed by atoms with E-state index in [1.165, 1.54) is 4.90 Å². The van der Waals surface area contributed by atoms with Gasteiger partial charge in [0.1, 0.15) is 5.70 Å². The van der Waals surface area contributed by atoms with Crippen LogP contribution in [-0.2, 0) is 19.1 Å². The van der Waals surface area contributed by atoms with Gasteiger partial charge in [0, 0.05) is 17.0 Å². The van der Waals surface area contributed by atoms with Gasteiger partial charge in [0.05, 0.1) is 6.61 Å². The Bertz CT molecular complexity index is 1300. The Kier molecular flexibility index (Phi) is 7.08. The Morgan fingerprint density at radius 3 is 2.16 bits per heavy atom. The van der Waals surface area contributed by atoms with Gasteiger partial charge in [-0.15, -0.1) is 11.6 Å². The SMILES string of the molecule is Cc1ccc(C(=O)N[C@H]2C(=O)N3C(C(=O)OC(c4ccccc4)c4ccccc4)=C(CCl)CO[C@H]23)cc1. The summed E-state index contributed by atoms with van der Waals surface area (Å²) in [6, 6.07) is 24.8. The van der Waals surface area contributed by atoms with Crippen LogP contribution in [0.15, 0.2) is 96.2 Å². The number of benzene rings is 3. The number of esters is 1. The molecule has 3 aromatic carbocycles. The van der Waals surface area contributed by atoms with E-state index in [1.54, 1.807) is 12.1 Å². The molecule has 2 heterocycles. The Morgan fingerprint density at radius 2 is 1.59 bits per heavy atom. The number of fused-ring (bicyclic) bond motifs is 1. The highest BCUT2D eigenvalue weighted by Crippen LogP contribution is 2.36. The summed E-state index contributed by atoms with van der Waals surface area (Å²) >= 11 is 6.13. The average Bonchev–Trinajstić information content (AvgIpc) is 2.94. The molecule has 37 heavy (non-hydrogen) atoms. The first-order chi connectivity index (χ1) is 18.0. The zero-order valence-corrected chi connectivity index (χ0v) is 20.9. The fourth-order valence-electron chi connectivity index (χ4n) is 4.45. The van der Waals surface area contributed by atoms with Crippen LogP contribution in [0.5, 0.6) is 0 Å². The van der Waals surface area contributed by atoms with Crippen molar-refractivity contribution in [2.24, 2.45) is 0 Å². The van der Waals surface area contributed by atoms with E-state index in [2.05, 4.69) is 5.32 Å². The lowest BCUT2D eigenvalue weighted by molar-refractivity contribution is -0.184. The lowest BCUT2D eigenvalue weighted by Crippen LogP contribution is -2.73. The van der Waals surface area contributed by atoms with Crippen molar-refractivity contribution in [1.29, 1.82) is 0 Å². The third-order valence-corrected chi connectivity index (χ3v) is 6.75. The fraction of sp³-hybridized carbons (Fsp3) is 0.207. The highest BCUT2D eigenvalue weighted by Gasteiger charge is 2.55. The highest BCUT2D eigenvalue weighted by atomic mass is 35.5. The van der Waals surface area contributed by atoms with E-state index < -0.39 is 36.2 Å². The zero-order chi connectivity index (χ0) is 25.9. The van der Waals surface area contributed by atoms with Gasteiger partial charge < -0.3 is 14.8 Å². The van der Waals surface area contributed by atoms with Gasteiger partial charge >= 0.3 is 5.97 Å². The maximum absolute atomic E-state index is 13.6. The molecular weight excluding hydrogens is 492 g/mol. The van der Waals surface area contributed by atoms with Crippen LogP contribution < -0.4 is 5.32 Å². The summed E-state index contributed by atoms with van der Waals surface area (Å²) < 4.78 is 11.8. The maximum Gasteiger partial charge on any atom is 0.356 e. The monoisotopic (exact) mass is 516 g/mol. The van der Waals surface area contributed by atoms with E-state index in [0.717, 1.165) is 16.7 Å². The minimum Gasteiger partial charge on any atom is -0.448 e. The number of rotatable bonds is 7. The first-order valence-electron chi connectivity index (χ1n) is 11.9. The van der Waals surface area contributed by atoms with Crippen LogP contribution in [0.1, 0.15) is 33.2 Å². The summed E-state index contributed by atoms with van der Waals surface area (Å²) in [6.07, 6.45) is -1.52. The number of carbonyl (C=O) groups excluding carboxylic acids is 3. The van der Waals surface area contributed by atoms with Gasteiger partial charge in [0.15, 0.2) is 18.4 Å². The number of hydrogen-bond acceptors (Lipinski definition) is 5. The van der Waals surface area contributed by atoms with Gasteiger partial charge in [-0.3, -0.25) is 14.5 Å². The molecule has 7 nitrogen and oxygen atoms in total. The molecule has 2 atom stereocenters. The minimum atomic E-state index is -0.924. The van der Waals surface area contributed by atoms with Crippen molar-refractivity contribution in [3.63, 3.8) is 0 Å². The van der Waals surface area contributed by atoms with Crippen molar-refractivity contribution in [3.8, 4) is 0 Å². The molecule has 3 aromatic rings. The second-order valence-corrected chi connectivity index (χ2v) is 9.19. The zero-order valence-electron chi connectivity index (χ0n) is 20.1. The number of nitrogens with zero attached hydrogens (tertiary/aromatic N) is 1. The minimum absolute atomic E-state index is 0.0112. The molecule has 2 amide bonds. The van der Waals surface area contributed by atoms with Crippen molar-refractivity contribution in [1.82, 2.24) is 10.2 Å². The summed E-state index contributed by atoms with van der Waals surface area (Å²) in [5, 5.41) is 2.72. The quantitative estimate of drug-likeness (QED) is 0.290. The van der Waals surface area contributed by atoms with Gasteiger partial charge in [-0.25, -0.2) is 4.79 Å². The predicted molar refractivity (Wildman–Crippen MR) is 138 cm³/mol. The number of β-lactam (4-membered cyclic amide) rings is 1. The smallest absolute Gasteiger partial charge is 0.356 e. The molecule has 2 aliphatic rings. The molecule has 1 fully saturated rings. The van der Waals surface area contributed by atoms with Gasteiger partial charge in [0.25, 0.3) is 11.8 Å². The number of nitrogens with one attached hydrogen (secondary N) is 1. The van der Waals surface area contributed by atoms with Crippen molar-refractivity contribution in [3.05, 3.63) is 118 Å². The normalized spacial score (nSPS) is 18.8. The number of amides is 2. The standard InChI is InChI=1S/C29H25ClN2O5/c1-18-12-14-21(15-13-18)26(33)31-23-27(34)32-24(22(16-30)17-36-28(23)32)29(35)37-25(19-8-4-2-5-9-19)20-10-6-3-7-11-20/h2-15,23,25,28H,16-17H2,1H3,(H,31,33)/t23-,28+/m0/s1. The number of carbonyl (C=O) groups is 3. The third-order valence-electron chi connectivity index (χ3n) is 6.43. The molecule has 0 spiro atoms. The molecule has 8 heteroatoms. The van der Waals surface area contributed by atoms with E-state index in [0.29, 0.717) is 11.1 Å². The lowest BCUT2D eigenvalue weighted by atomic mass is 9.98. The number of halogens is 1. The molecule has 1 saturated heterocycles. The van der Waals surface area contributed by atoms with Gasteiger partial charge in [-0.05, 0) is 30.2 Å².